The van der Waals surface area contributed by atoms with Gasteiger partial charge in [0.15, 0.2) is 0 Å². The van der Waals surface area contributed by atoms with E-state index in [-0.39, 0.29) is 0 Å². The molecule has 0 aliphatic carbocycles. The van der Waals surface area contributed by atoms with E-state index in [4.69, 9.17) is 34.8 Å². The molecule has 20 heavy (non-hydrogen) atoms. The first-order valence-corrected chi connectivity index (χ1v) is 7.03. The van der Waals surface area contributed by atoms with Gasteiger partial charge in [-0.25, -0.2) is 0 Å². The molecule has 3 aromatic rings. The molecule has 0 saturated carbocycles. The van der Waals surface area contributed by atoms with Crippen LogP contribution in [0.1, 0.15) is 0 Å². The van der Waals surface area contributed by atoms with Crippen LogP contribution in [0.15, 0.2) is 48.7 Å². The van der Waals surface area contributed by atoms with Crippen LogP contribution >= 0.6 is 34.8 Å². The Hall–Kier alpha value is -1.48. The number of nitrogens with one attached hydrogen (secondary N) is 1. The smallest absolute Gasteiger partial charge is 0.0737 e. The Morgan fingerprint density at radius 3 is 2.35 bits per heavy atom. The van der Waals surface area contributed by atoms with E-state index in [1.807, 2.05) is 30.3 Å². The van der Waals surface area contributed by atoms with Crippen LogP contribution in [0.2, 0.25) is 15.1 Å². The number of rotatable bonds is 2. The average Bonchev–Trinajstić information content (AvgIpc) is 2.41. The van der Waals surface area contributed by atoms with Crippen LogP contribution in [-0.4, -0.2) is 4.98 Å². The van der Waals surface area contributed by atoms with Crippen LogP contribution in [0.25, 0.3) is 10.9 Å². The maximum absolute atomic E-state index is 6.17. The number of aromatic nitrogens is 1. The minimum Gasteiger partial charge on any atom is -0.354 e. The van der Waals surface area contributed by atoms with Crippen LogP contribution in [0.4, 0.5) is 11.4 Å². The van der Waals surface area contributed by atoms with Gasteiger partial charge in [0.25, 0.3) is 0 Å². The minimum absolute atomic E-state index is 0.566. The SMILES string of the molecule is Clc1ccc(Nc2ccnc3cc(Cl)ccc23)c(Cl)c1. The van der Waals surface area contributed by atoms with Gasteiger partial charge in [-0.1, -0.05) is 34.8 Å². The number of benzene rings is 2. The van der Waals surface area contributed by atoms with Crippen molar-refractivity contribution in [2.45, 2.75) is 0 Å². The normalized spacial score (nSPS) is 10.8. The molecule has 0 fully saturated rings. The van der Waals surface area contributed by atoms with E-state index in [2.05, 4.69) is 10.3 Å². The molecular formula is C15H9Cl3N2. The predicted octanol–water partition coefficient (Wildman–Crippen LogP) is 5.94. The highest BCUT2D eigenvalue weighted by molar-refractivity contribution is 6.36. The second-order valence-corrected chi connectivity index (χ2v) is 5.55. The molecular weight excluding hydrogens is 315 g/mol. The molecule has 0 atom stereocenters. The summed E-state index contributed by atoms with van der Waals surface area (Å²) < 4.78 is 0. The van der Waals surface area contributed by atoms with Crippen molar-refractivity contribution in [1.29, 1.82) is 0 Å². The quantitative estimate of drug-likeness (QED) is 0.631. The third-order valence-electron chi connectivity index (χ3n) is 2.91. The van der Waals surface area contributed by atoms with Gasteiger partial charge in [-0.3, -0.25) is 4.98 Å². The fourth-order valence-corrected chi connectivity index (χ4v) is 2.59. The summed E-state index contributed by atoms with van der Waals surface area (Å²) in [5.74, 6) is 0. The van der Waals surface area contributed by atoms with Gasteiger partial charge in [0, 0.05) is 27.3 Å². The van der Waals surface area contributed by atoms with Crippen molar-refractivity contribution in [2.75, 3.05) is 5.32 Å². The van der Waals surface area contributed by atoms with Crippen molar-refractivity contribution >= 4 is 57.1 Å². The first kappa shape index (κ1) is 13.5. The second-order valence-electron chi connectivity index (χ2n) is 4.27. The number of anilines is 2. The Bertz CT molecular complexity index is 787. The molecule has 0 spiro atoms. The number of hydrogen-bond donors (Lipinski definition) is 1. The molecule has 0 aliphatic rings. The van der Waals surface area contributed by atoms with E-state index in [0.29, 0.717) is 15.1 Å². The van der Waals surface area contributed by atoms with Crippen molar-refractivity contribution in [3.05, 3.63) is 63.7 Å². The first-order chi connectivity index (χ1) is 9.63. The van der Waals surface area contributed by atoms with E-state index in [1.165, 1.54) is 0 Å². The van der Waals surface area contributed by atoms with Crippen molar-refractivity contribution in [3.8, 4) is 0 Å². The van der Waals surface area contributed by atoms with Crippen molar-refractivity contribution < 1.29 is 0 Å². The summed E-state index contributed by atoms with van der Waals surface area (Å²) in [6.45, 7) is 0. The van der Waals surface area contributed by atoms with Gasteiger partial charge in [0.1, 0.15) is 0 Å². The summed E-state index contributed by atoms with van der Waals surface area (Å²) in [4.78, 5) is 4.30. The summed E-state index contributed by atoms with van der Waals surface area (Å²) in [5, 5.41) is 6.09. The Morgan fingerprint density at radius 1 is 0.800 bits per heavy atom. The zero-order valence-electron chi connectivity index (χ0n) is 10.2. The zero-order chi connectivity index (χ0) is 14.1. The number of nitrogens with zero attached hydrogens (tertiary/aromatic N) is 1. The zero-order valence-corrected chi connectivity index (χ0v) is 12.5. The highest BCUT2D eigenvalue weighted by Crippen LogP contribution is 2.31. The molecule has 1 aromatic heterocycles. The van der Waals surface area contributed by atoms with E-state index in [9.17, 15) is 0 Å². The lowest BCUT2D eigenvalue weighted by atomic mass is 10.2. The molecule has 0 aliphatic heterocycles. The lowest BCUT2D eigenvalue weighted by Crippen LogP contribution is -1.93. The van der Waals surface area contributed by atoms with Crippen LogP contribution in [0, 0.1) is 0 Å². The summed E-state index contributed by atoms with van der Waals surface area (Å²) in [5.41, 5.74) is 2.53. The molecule has 100 valence electrons. The van der Waals surface area contributed by atoms with Gasteiger partial charge in [0.2, 0.25) is 0 Å². The topological polar surface area (TPSA) is 24.9 Å². The third kappa shape index (κ3) is 2.68. The highest BCUT2D eigenvalue weighted by Gasteiger charge is 2.06. The molecule has 3 rings (SSSR count). The monoisotopic (exact) mass is 322 g/mol. The number of hydrogen-bond acceptors (Lipinski definition) is 2. The molecule has 2 aromatic carbocycles. The average molecular weight is 324 g/mol. The van der Waals surface area contributed by atoms with Gasteiger partial charge in [-0.2, -0.15) is 0 Å². The van der Waals surface area contributed by atoms with Crippen LogP contribution < -0.4 is 5.32 Å². The second kappa shape index (κ2) is 5.49. The number of halogens is 3. The molecule has 0 radical (unpaired) electrons. The Kier molecular flexibility index (Phi) is 3.70. The molecule has 1 heterocycles. The Labute approximate surface area is 131 Å². The first-order valence-electron chi connectivity index (χ1n) is 5.90. The van der Waals surface area contributed by atoms with Crippen molar-refractivity contribution in [2.24, 2.45) is 0 Å². The maximum Gasteiger partial charge on any atom is 0.0737 e. The minimum atomic E-state index is 0.566. The summed E-state index contributed by atoms with van der Waals surface area (Å²) in [7, 11) is 0. The van der Waals surface area contributed by atoms with Gasteiger partial charge < -0.3 is 5.32 Å². The molecule has 0 amide bonds. The number of fused-ring (bicyclic) bond motifs is 1. The molecule has 2 nitrogen and oxygen atoms in total. The highest BCUT2D eigenvalue weighted by atomic mass is 35.5. The van der Waals surface area contributed by atoms with Gasteiger partial charge >= 0.3 is 0 Å². The number of pyridine rings is 1. The fraction of sp³-hybridized carbons (Fsp3) is 0. The molecule has 0 saturated heterocycles. The summed E-state index contributed by atoms with van der Waals surface area (Å²) >= 11 is 18.0. The largest absolute Gasteiger partial charge is 0.354 e. The Morgan fingerprint density at radius 2 is 1.55 bits per heavy atom. The van der Waals surface area contributed by atoms with Gasteiger partial charge in [-0.15, -0.1) is 0 Å². The van der Waals surface area contributed by atoms with Crippen LogP contribution in [0.3, 0.4) is 0 Å². The lowest BCUT2D eigenvalue weighted by molar-refractivity contribution is 1.40. The maximum atomic E-state index is 6.17. The van der Waals surface area contributed by atoms with Crippen molar-refractivity contribution in [1.82, 2.24) is 4.98 Å². The standard InChI is InChI=1S/C15H9Cl3N2/c16-9-2-4-14(12(18)7-9)20-13-5-6-19-15-8-10(17)1-3-11(13)15/h1-8H,(H,19,20). The van der Waals surface area contributed by atoms with Gasteiger partial charge in [0.05, 0.1) is 16.2 Å². The van der Waals surface area contributed by atoms with Crippen LogP contribution in [0.5, 0.6) is 0 Å². The summed E-state index contributed by atoms with van der Waals surface area (Å²) in [6, 6.07) is 12.8. The molecule has 0 bridgehead atoms. The van der Waals surface area contributed by atoms with E-state index in [1.54, 1.807) is 18.3 Å². The summed E-state index contributed by atoms with van der Waals surface area (Å²) in [6.07, 6.45) is 1.73. The fourth-order valence-electron chi connectivity index (χ4n) is 1.97. The third-order valence-corrected chi connectivity index (χ3v) is 3.69. The van der Waals surface area contributed by atoms with E-state index < -0.39 is 0 Å². The van der Waals surface area contributed by atoms with Crippen molar-refractivity contribution in [3.63, 3.8) is 0 Å². The van der Waals surface area contributed by atoms with E-state index in [0.717, 1.165) is 22.3 Å². The van der Waals surface area contributed by atoms with Crippen LogP contribution in [-0.2, 0) is 0 Å². The molecule has 1 N–H and O–H groups in total. The predicted molar refractivity (Wildman–Crippen MR) is 86.5 cm³/mol. The molecule has 5 heteroatoms. The molecule has 0 unspecified atom stereocenters. The van der Waals surface area contributed by atoms with E-state index >= 15 is 0 Å². The Balaban J connectivity index is 2.06. The van der Waals surface area contributed by atoms with Gasteiger partial charge in [-0.05, 0) is 42.5 Å². The lowest BCUT2D eigenvalue weighted by Gasteiger charge is -2.11.